The van der Waals surface area contributed by atoms with Gasteiger partial charge < -0.3 is 14.2 Å². The second kappa shape index (κ2) is 7.69. The Kier molecular flexibility index (Phi) is 4.53. The van der Waals surface area contributed by atoms with Gasteiger partial charge in [-0.2, -0.15) is 5.10 Å². The van der Waals surface area contributed by atoms with Gasteiger partial charge in [-0.3, -0.25) is 10.1 Å². The molecule has 1 aliphatic rings. The summed E-state index contributed by atoms with van der Waals surface area (Å²) in [5.74, 6) is 2.38. The van der Waals surface area contributed by atoms with Crippen LogP contribution in [0.1, 0.15) is 6.92 Å². The number of benzene rings is 1. The summed E-state index contributed by atoms with van der Waals surface area (Å²) in [6, 6.07) is 9.99. The topological polar surface area (TPSA) is 97.6 Å². The van der Waals surface area contributed by atoms with E-state index in [4.69, 9.17) is 19.7 Å². The molecule has 0 bridgehead atoms. The highest BCUT2D eigenvalue weighted by Crippen LogP contribution is 2.33. The maximum Gasteiger partial charge on any atom is 0.166 e. The molecule has 1 aromatic carbocycles. The average Bonchev–Trinajstić information content (AvgIpc) is 3.49. The molecule has 1 aliphatic heterocycles. The average molecular weight is 426 g/mol. The van der Waals surface area contributed by atoms with Gasteiger partial charge >= 0.3 is 0 Å². The van der Waals surface area contributed by atoms with Crippen molar-refractivity contribution in [1.82, 2.24) is 34.7 Å². The van der Waals surface area contributed by atoms with Gasteiger partial charge in [0.1, 0.15) is 5.82 Å². The number of morpholine rings is 1. The lowest BCUT2D eigenvalue weighted by Gasteiger charge is -2.28. The van der Waals surface area contributed by atoms with Crippen molar-refractivity contribution in [3.8, 4) is 22.8 Å². The van der Waals surface area contributed by atoms with Crippen LogP contribution in [-0.2, 0) is 11.3 Å². The van der Waals surface area contributed by atoms with Crippen LogP contribution >= 0.6 is 0 Å². The van der Waals surface area contributed by atoms with Crippen molar-refractivity contribution in [2.75, 3.05) is 31.2 Å². The SMILES string of the molecule is CCn1c(-c2ccncc2)nc2c(N3CCOCC3)nc(-c3cccc4[nH]ncc34)nc21. The third kappa shape index (κ3) is 3.01. The number of imidazole rings is 1. The van der Waals surface area contributed by atoms with Crippen LogP contribution in [0.15, 0.2) is 48.9 Å². The number of H-pyrrole nitrogens is 1. The summed E-state index contributed by atoms with van der Waals surface area (Å²) in [6.45, 7) is 5.73. The molecule has 0 atom stereocenters. The van der Waals surface area contributed by atoms with E-state index >= 15 is 0 Å². The summed E-state index contributed by atoms with van der Waals surface area (Å²) >= 11 is 0. The summed E-state index contributed by atoms with van der Waals surface area (Å²) in [4.78, 5) is 21.5. The lowest BCUT2D eigenvalue weighted by atomic mass is 10.1. The van der Waals surface area contributed by atoms with E-state index in [0.29, 0.717) is 19.0 Å². The van der Waals surface area contributed by atoms with Crippen LogP contribution in [0, 0.1) is 0 Å². The monoisotopic (exact) mass is 426 g/mol. The molecule has 5 heterocycles. The number of aromatic amines is 1. The van der Waals surface area contributed by atoms with Gasteiger partial charge in [-0.1, -0.05) is 12.1 Å². The minimum Gasteiger partial charge on any atom is -0.378 e. The first-order valence-corrected chi connectivity index (χ1v) is 10.8. The number of aromatic nitrogens is 7. The highest BCUT2D eigenvalue weighted by molar-refractivity contribution is 5.95. The third-order valence-corrected chi connectivity index (χ3v) is 5.87. The van der Waals surface area contributed by atoms with E-state index in [1.807, 2.05) is 36.5 Å². The molecule has 1 fully saturated rings. The molecule has 160 valence electrons. The number of hydrogen-bond donors (Lipinski definition) is 1. The second-order valence-corrected chi connectivity index (χ2v) is 7.69. The molecular weight excluding hydrogens is 404 g/mol. The van der Waals surface area contributed by atoms with Crippen LogP contribution < -0.4 is 4.90 Å². The van der Waals surface area contributed by atoms with Crippen LogP contribution in [0.2, 0.25) is 0 Å². The summed E-state index contributed by atoms with van der Waals surface area (Å²) in [7, 11) is 0. The van der Waals surface area contributed by atoms with Gasteiger partial charge in [0.15, 0.2) is 22.8 Å². The Morgan fingerprint density at radius 3 is 2.69 bits per heavy atom. The predicted molar refractivity (Wildman–Crippen MR) is 122 cm³/mol. The number of aryl methyl sites for hydroxylation is 1. The quantitative estimate of drug-likeness (QED) is 0.471. The Morgan fingerprint density at radius 1 is 1.03 bits per heavy atom. The molecule has 6 rings (SSSR count). The first-order chi connectivity index (χ1) is 15.8. The first kappa shape index (κ1) is 18.9. The zero-order valence-corrected chi connectivity index (χ0v) is 17.7. The lowest BCUT2D eigenvalue weighted by Crippen LogP contribution is -2.37. The number of fused-ring (bicyclic) bond motifs is 2. The summed E-state index contributed by atoms with van der Waals surface area (Å²) in [5.41, 5.74) is 4.55. The van der Waals surface area contributed by atoms with Crippen molar-refractivity contribution >= 4 is 27.9 Å². The molecule has 0 saturated carbocycles. The number of hydrogen-bond acceptors (Lipinski definition) is 7. The zero-order chi connectivity index (χ0) is 21.5. The normalized spacial score (nSPS) is 14.5. The number of anilines is 1. The van der Waals surface area contributed by atoms with Gasteiger partial charge in [-0.05, 0) is 25.1 Å². The van der Waals surface area contributed by atoms with Gasteiger partial charge in [0, 0.05) is 48.5 Å². The molecule has 9 nitrogen and oxygen atoms in total. The maximum atomic E-state index is 5.58. The van der Waals surface area contributed by atoms with Crippen molar-refractivity contribution in [3.63, 3.8) is 0 Å². The minimum absolute atomic E-state index is 0.668. The third-order valence-electron chi connectivity index (χ3n) is 5.87. The number of nitrogens with one attached hydrogen (secondary N) is 1. The fourth-order valence-electron chi connectivity index (χ4n) is 4.29. The summed E-state index contributed by atoms with van der Waals surface area (Å²) in [6.07, 6.45) is 5.40. The van der Waals surface area contributed by atoms with Gasteiger partial charge in [0.05, 0.1) is 24.9 Å². The van der Waals surface area contributed by atoms with E-state index < -0.39 is 0 Å². The first-order valence-electron chi connectivity index (χ1n) is 10.8. The van der Waals surface area contributed by atoms with Crippen LogP contribution in [0.25, 0.3) is 44.8 Å². The highest BCUT2D eigenvalue weighted by atomic mass is 16.5. The fraction of sp³-hybridized carbons (Fsp3) is 0.261. The van der Waals surface area contributed by atoms with Crippen molar-refractivity contribution in [2.45, 2.75) is 13.5 Å². The van der Waals surface area contributed by atoms with E-state index in [1.54, 1.807) is 12.4 Å². The van der Waals surface area contributed by atoms with Crippen LogP contribution in [0.4, 0.5) is 5.82 Å². The molecule has 0 radical (unpaired) electrons. The molecule has 4 aromatic heterocycles. The largest absolute Gasteiger partial charge is 0.378 e. The van der Waals surface area contributed by atoms with Crippen LogP contribution in [0.5, 0.6) is 0 Å². The van der Waals surface area contributed by atoms with E-state index in [2.05, 4.69) is 31.6 Å². The minimum atomic E-state index is 0.668. The molecule has 32 heavy (non-hydrogen) atoms. The molecule has 0 unspecified atom stereocenters. The van der Waals surface area contributed by atoms with Gasteiger partial charge in [-0.25, -0.2) is 15.0 Å². The standard InChI is InChI=1S/C23H22N8O/c1-2-31-21(15-6-8-24-9-7-15)26-19-22(30-10-12-32-13-11-30)27-20(28-23(19)31)16-4-3-5-18-17(16)14-25-29-18/h3-9,14H,2,10-13H2,1H3,(H,25,29). The Bertz CT molecular complexity index is 1400. The Hall–Kier alpha value is -3.85. The Morgan fingerprint density at radius 2 is 1.88 bits per heavy atom. The number of pyridine rings is 1. The number of ether oxygens (including phenoxy) is 1. The van der Waals surface area contributed by atoms with E-state index in [0.717, 1.165) is 64.5 Å². The molecule has 1 N–H and O–H groups in total. The van der Waals surface area contributed by atoms with Gasteiger partial charge in [-0.15, -0.1) is 0 Å². The fourth-order valence-corrected chi connectivity index (χ4v) is 4.29. The van der Waals surface area contributed by atoms with E-state index in [-0.39, 0.29) is 0 Å². The smallest absolute Gasteiger partial charge is 0.166 e. The number of rotatable bonds is 4. The van der Waals surface area contributed by atoms with Gasteiger partial charge in [0.2, 0.25) is 0 Å². The van der Waals surface area contributed by atoms with Crippen molar-refractivity contribution < 1.29 is 4.74 Å². The van der Waals surface area contributed by atoms with Gasteiger partial charge in [0.25, 0.3) is 0 Å². The maximum absolute atomic E-state index is 5.58. The Balaban J connectivity index is 1.64. The predicted octanol–water partition coefficient (Wildman–Crippen LogP) is 3.29. The van der Waals surface area contributed by atoms with Crippen molar-refractivity contribution in [3.05, 3.63) is 48.9 Å². The number of nitrogens with zero attached hydrogens (tertiary/aromatic N) is 7. The summed E-state index contributed by atoms with van der Waals surface area (Å²) < 4.78 is 7.73. The highest BCUT2D eigenvalue weighted by Gasteiger charge is 2.24. The summed E-state index contributed by atoms with van der Waals surface area (Å²) in [5, 5.41) is 8.24. The van der Waals surface area contributed by atoms with E-state index in [1.165, 1.54) is 0 Å². The molecular formula is C23H22N8O. The molecule has 1 saturated heterocycles. The molecule has 0 amide bonds. The molecule has 0 spiro atoms. The van der Waals surface area contributed by atoms with Crippen LogP contribution in [0.3, 0.4) is 0 Å². The second-order valence-electron chi connectivity index (χ2n) is 7.69. The van der Waals surface area contributed by atoms with E-state index in [9.17, 15) is 0 Å². The van der Waals surface area contributed by atoms with Crippen LogP contribution in [-0.4, -0.2) is 61.0 Å². The lowest BCUT2D eigenvalue weighted by molar-refractivity contribution is 0.122. The van der Waals surface area contributed by atoms with Crippen molar-refractivity contribution in [2.24, 2.45) is 0 Å². The molecule has 0 aliphatic carbocycles. The zero-order valence-electron chi connectivity index (χ0n) is 17.7. The Labute approximate surface area is 184 Å². The van der Waals surface area contributed by atoms with Crippen molar-refractivity contribution in [1.29, 1.82) is 0 Å². The molecule has 5 aromatic rings. The molecule has 9 heteroatoms.